The van der Waals surface area contributed by atoms with Gasteiger partial charge in [-0.25, -0.2) is 15.8 Å². The summed E-state index contributed by atoms with van der Waals surface area (Å²) in [7, 11) is 0. The Balaban J connectivity index is 2.04. The summed E-state index contributed by atoms with van der Waals surface area (Å²) in [6.07, 6.45) is 5.60. The van der Waals surface area contributed by atoms with Gasteiger partial charge in [0.25, 0.3) is 0 Å². The van der Waals surface area contributed by atoms with Crippen LogP contribution in [0.15, 0.2) is 0 Å². The summed E-state index contributed by atoms with van der Waals surface area (Å²) in [5, 5.41) is 1.16. The molecular weight excluding hydrogens is 256 g/mol. The Hall–Kier alpha value is -1.20. The molecule has 4 nitrogen and oxygen atoms in total. The number of nitrogens with one attached hydrogen (secondary N) is 1. The predicted molar refractivity (Wildman–Crippen MR) is 80.4 cm³/mol. The molecule has 0 atom stereocenters. The molecule has 0 bridgehead atoms. The molecule has 0 aliphatic heterocycles. The number of aryl methyl sites for hydroxylation is 3. The first kappa shape index (κ1) is 12.8. The van der Waals surface area contributed by atoms with Crippen LogP contribution in [0.25, 0.3) is 10.2 Å². The highest BCUT2D eigenvalue weighted by atomic mass is 32.1. The van der Waals surface area contributed by atoms with Crippen LogP contribution < -0.4 is 11.3 Å². The monoisotopic (exact) mass is 276 g/mol. The molecule has 0 aromatic carbocycles. The zero-order valence-corrected chi connectivity index (χ0v) is 12.3. The lowest BCUT2D eigenvalue weighted by Crippen LogP contribution is -2.11. The second-order valence-corrected chi connectivity index (χ2v) is 6.69. The SMILES string of the molecule is CC(C)CCc1nc(NN)c2c3c(sc2n1)CCC3. The van der Waals surface area contributed by atoms with Crippen LogP contribution >= 0.6 is 11.3 Å². The predicted octanol–water partition coefficient (Wildman–Crippen LogP) is 3.05. The Morgan fingerprint density at radius 1 is 1.32 bits per heavy atom. The zero-order chi connectivity index (χ0) is 13.4. The molecule has 3 rings (SSSR count). The average molecular weight is 276 g/mol. The van der Waals surface area contributed by atoms with Gasteiger partial charge in [0.15, 0.2) is 5.82 Å². The number of hydrogen-bond donors (Lipinski definition) is 2. The first-order valence-electron chi connectivity index (χ1n) is 6.96. The van der Waals surface area contributed by atoms with Crippen LogP contribution in [0.1, 0.15) is 43.0 Å². The minimum atomic E-state index is 0.668. The van der Waals surface area contributed by atoms with Crippen molar-refractivity contribution in [2.75, 3.05) is 5.43 Å². The van der Waals surface area contributed by atoms with Crippen molar-refractivity contribution in [2.45, 2.75) is 46.0 Å². The van der Waals surface area contributed by atoms with Crippen LogP contribution in [0.3, 0.4) is 0 Å². The molecule has 1 aliphatic carbocycles. The van der Waals surface area contributed by atoms with Gasteiger partial charge in [0.2, 0.25) is 0 Å². The average Bonchev–Trinajstić information content (AvgIpc) is 2.95. The molecule has 0 radical (unpaired) electrons. The molecule has 0 amide bonds. The molecule has 2 aromatic rings. The third-order valence-electron chi connectivity index (χ3n) is 3.69. The molecule has 0 unspecified atom stereocenters. The van der Waals surface area contributed by atoms with Crippen LogP contribution in [0.4, 0.5) is 5.82 Å². The summed E-state index contributed by atoms with van der Waals surface area (Å²) < 4.78 is 0. The Morgan fingerprint density at radius 2 is 2.16 bits per heavy atom. The first-order chi connectivity index (χ1) is 9.19. The van der Waals surface area contributed by atoms with Gasteiger partial charge < -0.3 is 5.43 Å². The molecule has 0 saturated carbocycles. The number of fused-ring (bicyclic) bond motifs is 3. The number of rotatable bonds is 4. The van der Waals surface area contributed by atoms with E-state index in [1.165, 1.54) is 23.3 Å². The summed E-state index contributed by atoms with van der Waals surface area (Å²) in [5.41, 5.74) is 4.19. The largest absolute Gasteiger partial charge is 0.308 e. The van der Waals surface area contributed by atoms with Crippen LogP contribution in [0.2, 0.25) is 0 Å². The van der Waals surface area contributed by atoms with Crippen LogP contribution in [-0.4, -0.2) is 9.97 Å². The molecule has 3 N–H and O–H groups in total. The van der Waals surface area contributed by atoms with Gasteiger partial charge in [-0.1, -0.05) is 13.8 Å². The number of aromatic nitrogens is 2. The molecule has 1 aliphatic rings. The van der Waals surface area contributed by atoms with Gasteiger partial charge in [-0.05, 0) is 37.2 Å². The van der Waals surface area contributed by atoms with Gasteiger partial charge in [-0.2, -0.15) is 0 Å². The van der Waals surface area contributed by atoms with E-state index in [2.05, 4.69) is 24.3 Å². The number of anilines is 1. The fraction of sp³-hybridized carbons (Fsp3) is 0.571. The zero-order valence-electron chi connectivity index (χ0n) is 11.5. The Labute approximate surface area is 117 Å². The van der Waals surface area contributed by atoms with E-state index in [4.69, 9.17) is 10.8 Å². The number of thiophene rings is 1. The third kappa shape index (κ3) is 2.32. The lowest BCUT2D eigenvalue weighted by Gasteiger charge is -2.07. The summed E-state index contributed by atoms with van der Waals surface area (Å²) in [4.78, 5) is 11.9. The third-order valence-corrected chi connectivity index (χ3v) is 4.88. The van der Waals surface area contributed by atoms with E-state index in [9.17, 15) is 0 Å². The van der Waals surface area contributed by atoms with E-state index < -0.39 is 0 Å². The lowest BCUT2D eigenvalue weighted by molar-refractivity contribution is 0.576. The lowest BCUT2D eigenvalue weighted by atomic mass is 10.1. The van der Waals surface area contributed by atoms with Gasteiger partial charge >= 0.3 is 0 Å². The highest BCUT2D eigenvalue weighted by Gasteiger charge is 2.21. The number of nitrogen functional groups attached to an aromatic ring is 1. The number of nitrogens with two attached hydrogens (primary N) is 1. The standard InChI is InChI=1S/C14H20N4S/c1-8(2)6-7-11-16-13(18-15)12-9-4-3-5-10(9)19-14(12)17-11/h8H,3-7,15H2,1-2H3,(H,16,17,18). The maximum atomic E-state index is 5.66. The molecule has 5 heteroatoms. The van der Waals surface area contributed by atoms with E-state index in [1.54, 1.807) is 0 Å². The van der Waals surface area contributed by atoms with Crippen molar-refractivity contribution in [3.05, 3.63) is 16.3 Å². The van der Waals surface area contributed by atoms with E-state index in [0.29, 0.717) is 5.92 Å². The van der Waals surface area contributed by atoms with Crippen LogP contribution in [0.5, 0.6) is 0 Å². The van der Waals surface area contributed by atoms with Crippen molar-refractivity contribution >= 4 is 27.4 Å². The normalized spacial score (nSPS) is 14.3. The second-order valence-electron chi connectivity index (χ2n) is 5.60. The Kier molecular flexibility index (Phi) is 3.41. The van der Waals surface area contributed by atoms with E-state index in [-0.39, 0.29) is 0 Å². The minimum absolute atomic E-state index is 0.668. The van der Waals surface area contributed by atoms with Crippen molar-refractivity contribution in [3.8, 4) is 0 Å². The second kappa shape index (κ2) is 5.06. The van der Waals surface area contributed by atoms with Crippen LogP contribution in [-0.2, 0) is 19.3 Å². The van der Waals surface area contributed by atoms with Crippen molar-refractivity contribution in [2.24, 2.45) is 11.8 Å². The van der Waals surface area contributed by atoms with Crippen molar-refractivity contribution < 1.29 is 0 Å². The van der Waals surface area contributed by atoms with Gasteiger partial charge in [0.05, 0.1) is 5.39 Å². The molecule has 102 valence electrons. The summed E-state index contributed by atoms with van der Waals surface area (Å²) in [6, 6.07) is 0. The van der Waals surface area contributed by atoms with Crippen LogP contribution in [0, 0.1) is 5.92 Å². The van der Waals surface area contributed by atoms with Crippen molar-refractivity contribution in [3.63, 3.8) is 0 Å². The summed E-state index contributed by atoms with van der Waals surface area (Å²) in [5.74, 6) is 8.05. The van der Waals surface area contributed by atoms with Crippen molar-refractivity contribution in [1.29, 1.82) is 0 Å². The highest BCUT2D eigenvalue weighted by molar-refractivity contribution is 7.19. The molecule has 0 fully saturated rings. The van der Waals surface area contributed by atoms with E-state index in [0.717, 1.165) is 41.1 Å². The maximum Gasteiger partial charge on any atom is 0.152 e. The Morgan fingerprint density at radius 3 is 2.89 bits per heavy atom. The molecule has 0 spiro atoms. The molecule has 0 saturated heterocycles. The fourth-order valence-corrected chi connectivity index (χ4v) is 3.95. The highest BCUT2D eigenvalue weighted by Crippen LogP contribution is 2.39. The number of hydrazine groups is 1. The van der Waals surface area contributed by atoms with Gasteiger partial charge in [0, 0.05) is 11.3 Å². The smallest absolute Gasteiger partial charge is 0.152 e. The Bertz CT molecular complexity index is 603. The molecular formula is C14H20N4S. The summed E-state index contributed by atoms with van der Waals surface area (Å²) in [6.45, 7) is 4.45. The molecule has 19 heavy (non-hydrogen) atoms. The van der Waals surface area contributed by atoms with Gasteiger partial charge in [-0.3, -0.25) is 0 Å². The molecule has 2 aromatic heterocycles. The quantitative estimate of drug-likeness (QED) is 0.665. The first-order valence-corrected chi connectivity index (χ1v) is 7.78. The van der Waals surface area contributed by atoms with E-state index >= 15 is 0 Å². The molecule has 2 heterocycles. The summed E-state index contributed by atoms with van der Waals surface area (Å²) >= 11 is 1.82. The maximum absolute atomic E-state index is 5.66. The van der Waals surface area contributed by atoms with E-state index in [1.807, 2.05) is 11.3 Å². The van der Waals surface area contributed by atoms with Crippen molar-refractivity contribution in [1.82, 2.24) is 9.97 Å². The number of nitrogens with zero attached hydrogens (tertiary/aromatic N) is 2. The van der Waals surface area contributed by atoms with Gasteiger partial charge in [0.1, 0.15) is 10.7 Å². The fourth-order valence-electron chi connectivity index (χ4n) is 2.67. The number of hydrogen-bond acceptors (Lipinski definition) is 5. The topological polar surface area (TPSA) is 63.8 Å². The van der Waals surface area contributed by atoms with Gasteiger partial charge in [-0.15, -0.1) is 11.3 Å². The minimum Gasteiger partial charge on any atom is -0.308 e.